The van der Waals surface area contributed by atoms with Crippen molar-refractivity contribution in [3.05, 3.63) is 34.9 Å². The van der Waals surface area contributed by atoms with Crippen LogP contribution in [0.25, 0.3) is 0 Å². The molecule has 0 radical (unpaired) electrons. The lowest BCUT2D eigenvalue weighted by molar-refractivity contribution is -0.126. The molecular formula is C15H20Cl3NO. The fraction of sp³-hybridized carbons (Fsp3) is 0.533. The van der Waals surface area contributed by atoms with E-state index >= 15 is 0 Å². The standard InChI is InChI=1S/C13H14Cl3NO.C2H6/c1-8(9-3-5-10(14)6-4-9)17-11(18)12(2)7-13(12,15)16;1-2/h3-6,8H,7H2,1-2H3,(H,17,18);1-2H3/t8?,12-;/m1./s1. The topological polar surface area (TPSA) is 29.1 Å². The normalized spacial score (nSPS) is 24.1. The van der Waals surface area contributed by atoms with Crippen molar-refractivity contribution in [3.63, 3.8) is 0 Å². The predicted octanol–water partition coefficient (Wildman–Crippen LogP) is 5.13. The summed E-state index contributed by atoms with van der Waals surface area (Å²) in [6.07, 6.45) is 0.488. The van der Waals surface area contributed by atoms with Crippen LogP contribution in [-0.4, -0.2) is 10.2 Å². The molecule has 1 N–H and O–H groups in total. The minimum atomic E-state index is -0.934. The fourth-order valence-corrected chi connectivity index (χ4v) is 2.67. The van der Waals surface area contributed by atoms with E-state index in [0.717, 1.165) is 5.56 Å². The van der Waals surface area contributed by atoms with E-state index in [1.54, 1.807) is 19.1 Å². The lowest BCUT2D eigenvalue weighted by Gasteiger charge is -2.18. The van der Waals surface area contributed by atoms with Gasteiger partial charge in [-0.3, -0.25) is 4.79 Å². The molecule has 0 saturated heterocycles. The van der Waals surface area contributed by atoms with Gasteiger partial charge in [0.25, 0.3) is 0 Å². The van der Waals surface area contributed by atoms with E-state index in [2.05, 4.69) is 5.32 Å². The van der Waals surface area contributed by atoms with Crippen molar-refractivity contribution in [1.82, 2.24) is 5.32 Å². The average molecular weight is 337 g/mol. The summed E-state index contributed by atoms with van der Waals surface area (Å²) in [5.41, 5.74) is 0.309. The lowest BCUT2D eigenvalue weighted by Crippen LogP contribution is -2.35. The summed E-state index contributed by atoms with van der Waals surface area (Å²) in [5, 5.41) is 3.60. The highest BCUT2D eigenvalue weighted by atomic mass is 35.5. The summed E-state index contributed by atoms with van der Waals surface area (Å²) in [6, 6.07) is 7.27. The van der Waals surface area contributed by atoms with Gasteiger partial charge in [0.2, 0.25) is 5.91 Å². The molecule has 2 nitrogen and oxygen atoms in total. The van der Waals surface area contributed by atoms with Crippen LogP contribution in [0.4, 0.5) is 0 Å². The zero-order valence-corrected chi connectivity index (χ0v) is 14.4. The number of carbonyl (C=O) groups excluding carboxylic acids is 1. The Morgan fingerprint density at radius 3 is 2.10 bits per heavy atom. The SMILES string of the molecule is CC.CC(NC(=O)[C@@]1(C)CC1(Cl)Cl)c1ccc(Cl)cc1. The van der Waals surface area contributed by atoms with Crippen LogP contribution >= 0.6 is 34.8 Å². The number of hydrogen-bond acceptors (Lipinski definition) is 1. The van der Waals surface area contributed by atoms with Crippen LogP contribution in [0.15, 0.2) is 24.3 Å². The first-order valence-corrected chi connectivity index (χ1v) is 7.84. The highest BCUT2D eigenvalue weighted by Gasteiger charge is 2.67. The third-order valence-electron chi connectivity index (χ3n) is 3.48. The van der Waals surface area contributed by atoms with Crippen molar-refractivity contribution in [2.75, 3.05) is 0 Å². The third-order valence-corrected chi connectivity index (χ3v) is 4.83. The Morgan fingerprint density at radius 2 is 1.70 bits per heavy atom. The van der Waals surface area contributed by atoms with E-state index in [4.69, 9.17) is 34.8 Å². The molecule has 1 aromatic rings. The highest BCUT2D eigenvalue weighted by molar-refractivity contribution is 6.53. The number of amides is 1. The van der Waals surface area contributed by atoms with Gasteiger partial charge < -0.3 is 5.32 Å². The Morgan fingerprint density at radius 1 is 1.25 bits per heavy atom. The number of hydrogen-bond donors (Lipinski definition) is 1. The molecule has 1 aliphatic carbocycles. The van der Waals surface area contributed by atoms with Gasteiger partial charge in [-0.1, -0.05) is 37.6 Å². The number of rotatable bonds is 3. The largest absolute Gasteiger partial charge is 0.349 e. The molecule has 0 heterocycles. The summed E-state index contributed by atoms with van der Waals surface area (Å²) in [7, 11) is 0. The van der Waals surface area contributed by atoms with E-state index in [9.17, 15) is 4.79 Å². The van der Waals surface area contributed by atoms with Crippen LogP contribution in [0, 0.1) is 5.41 Å². The maximum atomic E-state index is 12.1. The number of carbonyl (C=O) groups is 1. The Kier molecular flexibility index (Phi) is 5.77. The Balaban J connectivity index is 0.000000956. The van der Waals surface area contributed by atoms with Crippen LogP contribution in [0.5, 0.6) is 0 Å². The molecule has 112 valence electrons. The van der Waals surface area contributed by atoms with Crippen LogP contribution in [-0.2, 0) is 4.79 Å². The number of benzene rings is 1. The fourth-order valence-electron chi connectivity index (χ4n) is 1.84. The van der Waals surface area contributed by atoms with Crippen LogP contribution < -0.4 is 5.32 Å². The monoisotopic (exact) mass is 335 g/mol. The van der Waals surface area contributed by atoms with E-state index < -0.39 is 9.75 Å². The average Bonchev–Trinajstić information content (AvgIpc) is 2.93. The first kappa shape index (κ1) is 17.6. The maximum Gasteiger partial charge on any atom is 0.229 e. The van der Waals surface area contributed by atoms with Crippen molar-refractivity contribution in [2.24, 2.45) is 5.41 Å². The van der Waals surface area contributed by atoms with Gasteiger partial charge in [-0.2, -0.15) is 0 Å². The predicted molar refractivity (Wildman–Crippen MR) is 86.5 cm³/mol. The molecule has 1 unspecified atom stereocenters. The van der Waals surface area contributed by atoms with Crippen LogP contribution in [0.1, 0.15) is 45.7 Å². The van der Waals surface area contributed by atoms with Crippen LogP contribution in [0.3, 0.4) is 0 Å². The van der Waals surface area contributed by atoms with Gasteiger partial charge >= 0.3 is 0 Å². The molecule has 2 rings (SSSR count). The Hall–Kier alpha value is -0.440. The lowest BCUT2D eigenvalue weighted by atomic mass is 10.1. The van der Waals surface area contributed by atoms with Crippen molar-refractivity contribution in [1.29, 1.82) is 0 Å². The van der Waals surface area contributed by atoms with Crippen molar-refractivity contribution >= 4 is 40.7 Å². The molecule has 0 bridgehead atoms. The zero-order chi connectivity index (χ0) is 15.6. The van der Waals surface area contributed by atoms with E-state index in [1.165, 1.54) is 0 Å². The van der Waals surface area contributed by atoms with Gasteiger partial charge in [-0.15, -0.1) is 23.2 Å². The summed E-state index contributed by atoms with van der Waals surface area (Å²) >= 11 is 17.8. The molecule has 1 aliphatic rings. The molecule has 1 saturated carbocycles. The summed E-state index contributed by atoms with van der Waals surface area (Å²) < 4.78 is -0.934. The number of nitrogens with one attached hydrogen (secondary N) is 1. The second-order valence-electron chi connectivity index (χ2n) is 4.96. The van der Waals surface area contributed by atoms with E-state index in [0.29, 0.717) is 11.4 Å². The second kappa shape index (κ2) is 6.55. The molecule has 0 spiro atoms. The first-order valence-electron chi connectivity index (χ1n) is 6.70. The van der Waals surface area contributed by atoms with E-state index in [1.807, 2.05) is 32.9 Å². The number of halogens is 3. The molecule has 0 aliphatic heterocycles. The molecule has 5 heteroatoms. The highest BCUT2D eigenvalue weighted by Crippen LogP contribution is 2.63. The summed E-state index contributed by atoms with van der Waals surface area (Å²) in [4.78, 5) is 12.1. The summed E-state index contributed by atoms with van der Waals surface area (Å²) in [5.74, 6) is -0.116. The summed E-state index contributed by atoms with van der Waals surface area (Å²) in [6.45, 7) is 7.69. The quantitative estimate of drug-likeness (QED) is 0.762. The third kappa shape index (κ3) is 3.60. The first-order chi connectivity index (χ1) is 9.26. The molecule has 1 fully saturated rings. The van der Waals surface area contributed by atoms with Crippen LogP contribution in [0.2, 0.25) is 5.02 Å². The van der Waals surface area contributed by atoms with Gasteiger partial charge in [0, 0.05) is 5.02 Å². The Labute approximate surface area is 135 Å². The smallest absolute Gasteiger partial charge is 0.229 e. The zero-order valence-electron chi connectivity index (χ0n) is 12.1. The minimum absolute atomic E-state index is 0.101. The van der Waals surface area contributed by atoms with Gasteiger partial charge in [0.1, 0.15) is 4.33 Å². The van der Waals surface area contributed by atoms with E-state index in [-0.39, 0.29) is 11.9 Å². The Bertz CT molecular complexity index is 473. The second-order valence-corrected chi connectivity index (χ2v) is 6.88. The molecule has 1 aromatic carbocycles. The molecule has 2 atom stereocenters. The van der Waals surface area contributed by atoms with Gasteiger partial charge in [0.15, 0.2) is 0 Å². The molecule has 20 heavy (non-hydrogen) atoms. The van der Waals surface area contributed by atoms with Gasteiger partial charge in [0.05, 0.1) is 11.5 Å². The van der Waals surface area contributed by atoms with Gasteiger partial charge in [-0.25, -0.2) is 0 Å². The molecule has 1 amide bonds. The molecule has 0 aromatic heterocycles. The van der Waals surface area contributed by atoms with Crippen molar-refractivity contribution < 1.29 is 4.79 Å². The number of alkyl halides is 2. The van der Waals surface area contributed by atoms with Gasteiger partial charge in [-0.05, 0) is 38.0 Å². The minimum Gasteiger partial charge on any atom is -0.349 e. The molecular weight excluding hydrogens is 317 g/mol. The van der Waals surface area contributed by atoms with Crippen molar-refractivity contribution in [2.45, 2.75) is 44.5 Å². The maximum absolute atomic E-state index is 12.1. The van der Waals surface area contributed by atoms with Crippen molar-refractivity contribution in [3.8, 4) is 0 Å².